The summed E-state index contributed by atoms with van der Waals surface area (Å²) in [6, 6.07) is 29.6. The van der Waals surface area contributed by atoms with Crippen molar-refractivity contribution in [3.63, 3.8) is 0 Å². The average Bonchev–Trinajstić information content (AvgIpc) is 3.88. The molecule has 0 unspecified atom stereocenters. The second-order valence-electron chi connectivity index (χ2n) is 18.7. The van der Waals surface area contributed by atoms with Gasteiger partial charge in [0.25, 0.3) is 11.8 Å². The maximum absolute atomic E-state index is 14.2. The first-order chi connectivity index (χ1) is 34.6. The molecule has 4 aliphatic heterocycles. The summed E-state index contributed by atoms with van der Waals surface area (Å²) < 4.78 is 41.8. The molecule has 0 spiro atoms. The van der Waals surface area contributed by atoms with Crippen LogP contribution in [0.15, 0.2) is 91.0 Å². The molecule has 0 aromatic heterocycles. The molecule has 0 saturated heterocycles. The van der Waals surface area contributed by atoms with Crippen molar-refractivity contribution in [2.24, 2.45) is 5.92 Å². The van der Waals surface area contributed by atoms with Crippen molar-refractivity contribution in [2.45, 2.75) is 64.8 Å². The van der Waals surface area contributed by atoms with Gasteiger partial charge >= 0.3 is 0 Å². The highest BCUT2D eigenvalue weighted by molar-refractivity contribution is 6.13. The van der Waals surface area contributed by atoms with Gasteiger partial charge in [-0.2, -0.15) is 0 Å². The topological polar surface area (TPSA) is 150 Å². The molecule has 0 radical (unpaired) electrons. The number of anilines is 5. The third-order valence-electron chi connectivity index (χ3n) is 13.7. The lowest BCUT2D eigenvalue weighted by Crippen LogP contribution is -2.39. The highest BCUT2D eigenvalue weighted by Crippen LogP contribution is 2.43. The third-order valence-corrected chi connectivity index (χ3v) is 13.7. The van der Waals surface area contributed by atoms with Crippen molar-refractivity contribution in [1.82, 2.24) is 0 Å². The van der Waals surface area contributed by atoms with Crippen LogP contribution in [0.1, 0.15) is 69.7 Å². The monoisotopic (exact) mass is 967 g/mol. The van der Waals surface area contributed by atoms with Crippen molar-refractivity contribution < 1.29 is 47.5 Å². The molecular formula is C56H65N5O10. The van der Waals surface area contributed by atoms with E-state index in [2.05, 4.69) is 39.8 Å². The Kier molecular flexibility index (Phi) is 15.6. The molecule has 374 valence electrons. The summed E-state index contributed by atoms with van der Waals surface area (Å²) >= 11 is 0. The van der Waals surface area contributed by atoms with Crippen molar-refractivity contribution in [1.29, 1.82) is 0 Å². The number of hydrogen-bond acceptors (Lipinski definition) is 13. The fourth-order valence-corrected chi connectivity index (χ4v) is 9.98. The highest BCUT2D eigenvalue weighted by Gasteiger charge is 2.39. The summed E-state index contributed by atoms with van der Waals surface area (Å²) in [6.45, 7) is 8.86. The molecule has 15 heteroatoms. The lowest BCUT2D eigenvalue weighted by atomic mass is 10.0. The molecule has 2 N–H and O–H groups in total. The highest BCUT2D eigenvalue weighted by atomic mass is 16.5. The zero-order valence-corrected chi connectivity index (χ0v) is 41.4. The van der Waals surface area contributed by atoms with Gasteiger partial charge in [-0.1, -0.05) is 50.2 Å². The lowest BCUT2D eigenvalue weighted by molar-refractivity contribution is -0.121. The number of rotatable bonds is 23. The largest absolute Gasteiger partial charge is 0.493 e. The van der Waals surface area contributed by atoms with Crippen LogP contribution in [0.2, 0.25) is 0 Å². The first-order valence-electron chi connectivity index (χ1n) is 24.7. The molecular weight excluding hydrogens is 903 g/mol. The number of methoxy groups -OCH3 is 3. The molecule has 15 nitrogen and oxygen atoms in total. The first-order valence-corrected chi connectivity index (χ1v) is 24.7. The Balaban J connectivity index is 0.987. The molecule has 5 aromatic rings. The van der Waals surface area contributed by atoms with E-state index in [1.54, 1.807) is 33.5 Å². The predicted molar refractivity (Wildman–Crippen MR) is 274 cm³/mol. The van der Waals surface area contributed by atoms with E-state index in [1.807, 2.05) is 78.2 Å². The summed E-state index contributed by atoms with van der Waals surface area (Å²) in [5.41, 5.74) is 9.22. The standard InChI is InChI=1S/C56H65N5O10/c1-36(2)50(62)15-10-16-59(17-18-68-21-22-69-20-19-65-3)41-24-37(34-70-53-30-46-44(28-51(53)66-4)55(63)60-42(32-57-46)26-39-11-6-8-13-48(39)60)23-38(25-41)35-71-54-31-47-45(29-52(54)67-5)56(64)61-43(33-58-47)27-40-12-7-9-14-49(40)61/h6-9,11-14,23-25,28-31,36,42-43,57-58H,10,15-22,26-27,32-35H2,1-5H3/t42-,43-/m0/s1. The summed E-state index contributed by atoms with van der Waals surface area (Å²) in [4.78, 5) is 47.2. The van der Waals surface area contributed by atoms with Gasteiger partial charge in [0.1, 0.15) is 19.0 Å². The normalized spacial score (nSPS) is 16.4. The van der Waals surface area contributed by atoms with E-state index in [4.69, 9.17) is 33.2 Å². The van der Waals surface area contributed by atoms with E-state index in [0.717, 1.165) is 52.2 Å². The number of fused-ring (bicyclic) bond motifs is 8. The second kappa shape index (κ2) is 22.5. The number of carbonyl (C=O) groups is 3. The maximum atomic E-state index is 14.2. The van der Waals surface area contributed by atoms with E-state index < -0.39 is 0 Å². The third kappa shape index (κ3) is 10.9. The van der Waals surface area contributed by atoms with Gasteiger partial charge in [0, 0.05) is 74.8 Å². The van der Waals surface area contributed by atoms with Gasteiger partial charge in [0.05, 0.1) is 81.8 Å². The van der Waals surface area contributed by atoms with Gasteiger partial charge in [0.2, 0.25) is 0 Å². The van der Waals surface area contributed by atoms with Crippen molar-refractivity contribution in [3.8, 4) is 23.0 Å². The van der Waals surface area contributed by atoms with Crippen LogP contribution in [0, 0.1) is 5.92 Å². The SMILES string of the molecule is COCCOCCOCCN(CCCC(=O)C(C)C)c1cc(COc2cc3c(cc2OC)C(=O)N2c4ccccc4C[C@H]2CN3)cc(COc2cc3c(cc2OC)C(=O)N2c4ccccc4C[C@H]2CN3)c1. The molecule has 4 heterocycles. The Bertz CT molecular complexity index is 2570. The Labute approximate surface area is 416 Å². The van der Waals surface area contributed by atoms with E-state index in [9.17, 15) is 14.4 Å². The molecule has 0 bridgehead atoms. The van der Waals surface area contributed by atoms with Gasteiger partial charge in [-0.15, -0.1) is 0 Å². The number of ether oxygens (including phenoxy) is 7. The van der Waals surface area contributed by atoms with Crippen LogP contribution in [-0.4, -0.2) is 110 Å². The molecule has 2 atom stereocenters. The number of amides is 2. The Morgan fingerprint density at radius 1 is 0.634 bits per heavy atom. The smallest absolute Gasteiger partial charge is 0.260 e. The van der Waals surface area contributed by atoms with Crippen LogP contribution in [0.25, 0.3) is 0 Å². The minimum atomic E-state index is -0.0838. The average molecular weight is 968 g/mol. The van der Waals surface area contributed by atoms with Crippen molar-refractivity contribution in [2.75, 3.05) is 106 Å². The minimum absolute atomic E-state index is 0.0162. The summed E-state index contributed by atoms with van der Waals surface area (Å²) in [5, 5.41) is 7.07. The molecule has 4 aliphatic rings. The summed E-state index contributed by atoms with van der Waals surface area (Å²) in [6.07, 6.45) is 2.67. The number of para-hydroxylation sites is 2. The number of ketones is 1. The van der Waals surface area contributed by atoms with Gasteiger partial charge < -0.3 is 58.5 Å². The number of hydrogen-bond donors (Lipinski definition) is 2. The molecule has 9 rings (SSSR count). The zero-order chi connectivity index (χ0) is 49.4. The van der Waals surface area contributed by atoms with Gasteiger partial charge in [0.15, 0.2) is 23.0 Å². The minimum Gasteiger partial charge on any atom is -0.493 e. The lowest BCUT2D eigenvalue weighted by Gasteiger charge is -2.26. The predicted octanol–water partition coefficient (Wildman–Crippen LogP) is 8.35. The van der Waals surface area contributed by atoms with Crippen LogP contribution < -0.4 is 44.3 Å². The van der Waals surface area contributed by atoms with E-state index in [1.165, 1.54) is 0 Å². The Morgan fingerprint density at radius 3 is 1.65 bits per heavy atom. The number of Topliss-reactive ketones (excluding diaryl/α,β-unsaturated/α-hetero) is 1. The molecule has 0 aliphatic carbocycles. The van der Waals surface area contributed by atoms with Crippen LogP contribution in [0.5, 0.6) is 23.0 Å². The Hall–Kier alpha value is -6.81. The van der Waals surface area contributed by atoms with E-state index >= 15 is 0 Å². The van der Waals surface area contributed by atoms with Crippen LogP contribution >= 0.6 is 0 Å². The summed E-state index contributed by atoms with van der Waals surface area (Å²) in [7, 11) is 4.80. The number of benzene rings is 5. The van der Waals surface area contributed by atoms with Crippen molar-refractivity contribution >= 4 is 46.0 Å². The van der Waals surface area contributed by atoms with Gasteiger partial charge in [-0.25, -0.2) is 0 Å². The fraction of sp³-hybridized carbons (Fsp3) is 0.411. The number of nitrogens with zero attached hydrogens (tertiary/aromatic N) is 3. The zero-order valence-electron chi connectivity index (χ0n) is 41.4. The molecule has 0 saturated carbocycles. The van der Waals surface area contributed by atoms with Crippen molar-refractivity contribution in [3.05, 3.63) is 124 Å². The maximum Gasteiger partial charge on any atom is 0.260 e. The molecule has 5 aromatic carbocycles. The quantitative estimate of drug-likeness (QED) is 0.0605. The number of nitrogens with one attached hydrogen (secondary N) is 2. The van der Waals surface area contributed by atoms with Gasteiger partial charge in [-0.3, -0.25) is 14.4 Å². The molecule has 0 fully saturated rings. The first kappa shape index (κ1) is 49.2. The van der Waals surface area contributed by atoms with Crippen LogP contribution in [-0.2, 0) is 45.1 Å². The van der Waals surface area contributed by atoms with Gasteiger partial charge in [-0.05, 0) is 84.0 Å². The van der Waals surface area contributed by atoms with Crippen LogP contribution in [0.4, 0.5) is 28.4 Å². The number of carbonyl (C=O) groups excluding carboxylic acids is 3. The molecule has 2 amide bonds. The molecule has 71 heavy (non-hydrogen) atoms. The fourth-order valence-electron chi connectivity index (χ4n) is 9.98. The van der Waals surface area contributed by atoms with E-state index in [0.29, 0.717) is 118 Å². The van der Waals surface area contributed by atoms with E-state index in [-0.39, 0.29) is 48.8 Å². The summed E-state index contributed by atoms with van der Waals surface area (Å²) in [5.74, 6) is 1.87. The van der Waals surface area contributed by atoms with Crippen LogP contribution in [0.3, 0.4) is 0 Å². The Morgan fingerprint density at radius 2 is 1.14 bits per heavy atom. The second-order valence-corrected chi connectivity index (χ2v) is 18.7.